The number of rotatable bonds is 4. The Balaban J connectivity index is 1.84. The molecule has 0 saturated carbocycles. The van der Waals surface area contributed by atoms with Gasteiger partial charge in [-0.3, -0.25) is 24.5 Å². The van der Waals surface area contributed by atoms with Crippen molar-refractivity contribution in [3.63, 3.8) is 0 Å². The number of hydrogen-bond donors (Lipinski definition) is 3. The summed E-state index contributed by atoms with van der Waals surface area (Å²) >= 11 is 0. The standard InChI is InChI=1S/C13H12N6O3/c20-10(16-12-14-7-15-18-12)5-6-19-9-4-2-1-3-8(9)11(21)17-13(19)22/h1-4,7H,5-6H2,(H,17,21,22)(H2,14,15,16,18,20). The number of nitrogens with zero attached hydrogens (tertiary/aromatic N) is 3. The number of aryl methyl sites for hydroxylation is 1. The Morgan fingerprint density at radius 3 is 2.86 bits per heavy atom. The maximum atomic E-state index is 11.9. The molecule has 1 aromatic carbocycles. The Kier molecular flexibility index (Phi) is 3.52. The van der Waals surface area contributed by atoms with Crippen molar-refractivity contribution in [1.29, 1.82) is 0 Å². The molecular weight excluding hydrogens is 288 g/mol. The van der Waals surface area contributed by atoms with Crippen LogP contribution in [0.3, 0.4) is 0 Å². The fourth-order valence-electron chi connectivity index (χ4n) is 2.14. The van der Waals surface area contributed by atoms with E-state index in [0.29, 0.717) is 10.9 Å². The molecule has 0 bridgehead atoms. The van der Waals surface area contributed by atoms with Crippen LogP contribution >= 0.6 is 0 Å². The molecule has 2 heterocycles. The van der Waals surface area contributed by atoms with Crippen molar-refractivity contribution in [2.75, 3.05) is 5.32 Å². The Bertz CT molecular complexity index is 925. The van der Waals surface area contributed by atoms with Crippen LogP contribution in [0.15, 0.2) is 40.2 Å². The Morgan fingerprint density at radius 1 is 1.27 bits per heavy atom. The molecule has 0 aliphatic rings. The molecular formula is C13H12N6O3. The topological polar surface area (TPSA) is 126 Å². The number of carbonyl (C=O) groups excluding carboxylic acids is 1. The van der Waals surface area contributed by atoms with Crippen LogP contribution in [-0.4, -0.2) is 30.6 Å². The number of benzene rings is 1. The predicted octanol–water partition coefficient (Wildman–Crippen LogP) is -0.163. The van der Waals surface area contributed by atoms with Crippen molar-refractivity contribution >= 4 is 22.8 Å². The molecule has 9 nitrogen and oxygen atoms in total. The first-order chi connectivity index (χ1) is 10.6. The summed E-state index contributed by atoms with van der Waals surface area (Å²) in [6.45, 7) is 0.135. The van der Waals surface area contributed by atoms with E-state index in [4.69, 9.17) is 0 Å². The summed E-state index contributed by atoms with van der Waals surface area (Å²) in [5.74, 6) is -0.0809. The Hall–Kier alpha value is -3.23. The fourth-order valence-corrected chi connectivity index (χ4v) is 2.14. The van der Waals surface area contributed by atoms with Crippen molar-refractivity contribution in [3.8, 4) is 0 Å². The molecule has 112 valence electrons. The molecule has 1 amide bonds. The minimum atomic E-state index is -0.545. The number of H-pyrrole nitrogens is 2. The van der Waals surface area contributed by atoms with E-state index in [0.717, 1.165) is 0 Å². The molecule has 0 unspecified atom stereocenters. The van der Waals surface area contributed by atoms with Crippen molar-refractivity contribution in [2.45, 2.75) is 13.0 Å². The Labute approximate surface area is 123 Å². The minimum absolute atomic E-state index is 0.0522. The lowest BCUT2D eigenvalue weighted by Gasteiger charge is -2.08. The zero-order valence-corrected chi connectivity index (χ0v) is 11.4. The lowest BCUT2D eigenvalue weighted by Crippen LogP contribution is -2.31. The van der Waals surface area contributed by atoms with Gasteiger partial charge >= 0.3 is 5.69 Å². The van der Waals surface area contributed by atoms with Gasteiger partial charge in [0.25, 0.3) is 5.56 Å². The van der Waals surface area contributed by atoms with Crippen molar-refractivity contribution in [3.05, 3.63) is 51.4 Å². The lowest BCUT2D eigenvalue weighted by molar-refractivity contribution is -0.116. The van der Waals surface area contributed by atoms with Crippen LogP contribution < -0.4 is 16.6 Å². The van der Waals surface area contributed by atoms with E-state index in [1.807, 2.05) is 0 Å². The first-order valence-electron chi connectivity index (χ1n) is 6.52. The summed E-state index contributed by atoms with van der Waals surface area (Å²) in [4.78, 5) is 41.5. The number of hydrogen-bond acceptors (Lipinski definition) is 5. The number of aromatic nitrogens is 5. The average Bonchev–Trinajstić information content (AvgIpc) is 3.00. The first kappa shape index (κ1) is 13.7. The van der Waals surface area contributed by atoms with E-state index in [-0.39, 0.29) is 24.8 Å². The smallest absolute Gasteiger partial charge is 0.295 e. The molecule has 0 aliphatic carbocycles. The molecule has 22 heavy (non-hydrogen) atoms. The molecule has 0 radical (unpaired) electrons. The molecule has 0 saturated heterocycles. The van der Waals surface area contributed by atoms with Gasteiger partial charge in [0.2, 0.25) is 11.9 Å². The zero-order valence-electron chi connectivity index (χ0n) is 11.4. The lowest BCUT2D eigenvalue weighted by atomic mass is 10.2. The van der Waals surface area contributed by atoms with Crippen LogP contribution in [0.4, 0.5) is 5.95 Å². The van der Waals surface area contributed by atoms with Crippen LogP contribution in [0.25, 0.3) is 10.9 Å². The van der Waals surface area contributed by atoms with Crippen molar-refractivity contribution < 1.29 is 4.79 Å². The van der Waals surface area contributed by atoms with Crippen LogP contribution in [0.1, 0.15) is 6.42 Å². The van der Waals surface area contributed by atoms with E-state index in [1.165, 1.54) is 10.9 Å². The molecule has 3 rings (SSSR count). The van der Waals surface area contributed by atoms with Gasteiger partial charge in [0, 0.05) is 13.0 Å². The van der Waals surface area contributed by atoms with Crippen LogP contribution in [-0.2, 0) is 11.3 Å². The summed E-state index contributed by atoms with van der Waals surface area (Å²) in [5, 5.41) is 9.03. The Morgan fingerprint density at radius 2 is 2.09 bits per heavy atom. The van der Waals surface area contributed by atoms with Gasteiger partial charge in [0.15, 0.2) is 0 Å². The number of anilines is 1. The van der Waals surface area contributed by atoms with Crippen molar-refractivity contribution in [1.82, 2.24) is 24.7 Å². The summed E-state index contributed by atoms with van der Waals surface area (Å²) in [6.07, 6.45) is 1.33. The summed E-state index contributed by atoms with van der Waals surface area (Å²) in [6, 6.07) is 6.73. The number of aromatic amines is 2. The van der Waals surface area contributed by atoms with E-state index < -0.39 is 11.2 Å². The normalized spacial score (nSPS) is 10.7. The van der Waals surface area contributed by atoms with Gasteiger partial charge in [-0.05, 0) is 12.1 Å². The van der Waals surface area contributed by atoms with Crippen LogP contribution in [0.2, 0.25) is 0 Å². The highest BCUT2D eigenvalue weighted by molar-refractivity contribution is 5.88. The third kappa shape index (κ3) is 2.64. The second-order valence-corrected chi connectivity index (χ2v) is 4.56. The number of fused-ring (bicyclic) bond motifs is 1. The second-order valence-electron chi connectivity index (χ2n) is 4.56. The molecule has 9 heteroatoms. The molecule has 0 atom stereocenters. The summed E-state index contributed by atoms with van der Waals surface area (Å²) < 4.78 is 1.36. The molecule has 3 N–H and O–H groups in total. The third-order valence-corrected chi connectivity index (χ3v) is 3.14. The summed E-state index contributed by atoms with van der Waals surface area (Å²) in [5.41, 5.74) is -0.497. The minimum Gasteiger partial charge on any atom is -0.295 e. The van der Waals surface area contributed by atoms with E-state index >= 15 is 0 Å². The third-order valence-electron chi connectivity index (χ3n) is 3.14. The molecule has 2 aromatic heterocycles. The van der Waals surface area contributed by atoms with Gasteiger partial charge in [-0.1, -0.05) is 12.1 Å². The highest BCUT2D eigenvalue weighted by Gasteiger charge is 2.09. The highest BCUT2D eigenvalue weighted by Crippen LogP contribution is 2.07. The second kappa shape index (κ2) is 5.64. The summed E-state index contributed by atoms with van der Waals surface area (Å²) in [7, 11) is 0. The maximum absolute atomic E-state index is 11.9. The number of carbonyl (C=O) groups is 1. The molecule has 3 aromatic rings. The van der Waals surface area contributed by atoms with Gasteiger partial charge in [0.1, 0.15) is 6.33 Å². The fraction of sp³-hybridized carbons (Fsp3) is 0.154. The highest BCUT2D eigenvalue weighted by atomic mass is 16.2. The number of amides is 1. The molecule has 0 spiro atoms. The van der Waals surface area contributed by atoms with Crippen molar-refractivity contribution in [2.24, 2.45) is 0 Å². The van der Waals surface area contributed by atoms with Crippen LogP contribution in [0, 0.1) is 0 Å². The monoisotopic (exact) mass is 300 g/mol. The van der Waals surface area contributed by atoms with Crippen LogP contribution in [0.5, 0.6) is 0 Å². The first-order valence-corrected chi connectivity index (χ1v) is 6.52. The van der Waals surface area contributed by atoms with E-state index in [2.05, 4.69) is 25.5 Å². The molecule has 0 aliphatic heterocycles. The van der Waals surface area contributed by atoms with Gasteiger partial charge in [0.05, 0.1) is 10.9 Å². The predicted molar refractivity (Wildman–Crippen MR) is 78.5 cm³/mol. The number of para-hydroxylation sites is 1. The van der Waals surface area contributed by atoms with E-state index in [1.54, 1.807) is 24.3 Å². The van der Waals surface area contributed by atoms with Gasteiger partial charge in [-0.15, -0.1) is 0 Å². The molecule has 0 fully saturated rings. The quantitative estimate of drug-likeness (QED) is 0.617. The zero-order chi connectivity index (χ0) is 15.5. The maximum Gasteiger partial charge on any atom is 0.328 e. The van der Waals surface area contributed by atoms with Gasteiger partial charge in [-0.2, -0.15) is 10.1 Å². The average molecular weight is 300 g/mol. The van der Waals surface area contributed by atoms with E-state index in [9.17, 15) is 14.4 Å². The number of nitrogens with one attached hydrogen (secondary N) is 3. The SMILES string of the molecule is O=C(CCn1c(=O)[nH]c(=O)c2ccccc21)Nc1ncn[nH]1. The van der Waals surface area contributed by atoms with Gasteiger partial charge in [-0.25, -0.2) is 9.89 Å². The largest absolute Gasteiger partial charge is 0.328 e. The van der Waals surface area contributed by atoms with Gasteiger partial charge < -0.3 is 0 Å².